The number of ether oxygens (including phenoxy) is 1. The van der Waals surface area contributed by atoms with Gasteiger partial charge in [-0.05, 0) is 61.4 Å². The van der Waals surface area contributed by atoms with Gasteiger partial charge in [0.25, 0.3) is 5.91 Å². The van der Waals surface area contributed by atoms with E-state index in [0.717, 1.165) is 30.6 Å². The third kappa shape index (κ3) is 4.20. The van der Waals surface area contributed by atoms with Crippen LogP contribution in [0, 0.1) is 12.8 Å². The Morgan fingerprint density at radius 3 is 2.56 bits per heavy atom. The number of benzene rings is 2. The molecule has 0 radical (unpaired) electrons. The lowest BCUT2D eigenvalue weighted by atomic mass is 9.75. The lowest BCUT2D eigenvalue weighted by Crippen LogP contribution is -2.48. The van der Waals surface area contributed by atoms with E-state index in [1.165, 1.54) is 5.56 Å². The Hall–Kier alpha value is -2.33. The summed E-state index contributed by atoms with van der Waals surface area (Å²) in [6, 6.07) is 15.7. The van der Waals surface area contributed by atoms with Crippen molar-refractivity contribution in [3.63, 3.8) is 0 Å². The maximum atomic E-state index is 12.7. The van der Waals surface area contributed by atoms with Crippen molar-refractivity contribution >= 4 is 5.91 Å². The third-order valence-corrected chi connectivity index (χ3v) is 4.99. The van der Waals surface area contributed by atoms with Gasteiger partial charge < -0.3 is 15.2 Å². The summed E-state index contributed by atoms with van der Waals surface area (Å²) in [7, 11) is 1.62. The molecule has 2 aromatic carbocycles. The highest BCUT2D eigenvalue weighted by atomic mass is 16.5. The standard InChI is InChI=1S/C21H25NO3/c1-14-10-16(8-9-20(14)25-2)21(24)22-19(17-12-18(23)13-17)11-15-6-4-3-5-7-15/h3-10,17-19,23H,11-13H2,1-2H3,(H,22,24)/t17?,18?,19-/m0/s1. The Balaban J connectivity index is 1.73. The van der Waals surface area contributed by atoms with Crippen LogP contribution in [0.25, 0.3) is 0 Å². The van der Waals surface area contributed by atoms with Gasteiger partial charge in [0.05, 0.1) is 13.2 Å². The fourth-order valence-corrected chi connectivity index (χ4v) is 3.43. The van der Waals surface area contributed by atoms with E-state index in [1.807, 2.05) is 37.3 Å². The molecule has 0 saturated heterocycles. The average molecular weight is 339 g/mol. The molecule has 1 amide bonds. The van der Waals surface area contributed by atoms with E-state index in [9.17, 15) is 9.90 Å². The number of methoxy groups -OCH3 is 1. The maximum Gasteiger partial charge on any atom is 0.251 e. The van der Waals surface area contributed by atoms with Crippen LogP contribution in [-0.4, -0.2) is 30.3 Å². The smallest absolute Gasteiger partial charge is 0.251 e. The van der Waals surface area contributed by atoms with E-state index in [2.05, 4.69) is 17.4 Å². The Labute approximate surface area is 148 Å². The molecule has 4 nitrogen and oxygen atoms in total. The van der Waals surface area contributed by atoms with Crippen LogP contribution in [0.3, 0.4) is 0 Å². The molecule has 1 aliphatic carbocycles. The number of hydrogen-bond donors (Lipinski definition) is 2. The summed E-state index contributed by atoms with van der Waals surface area (Å²) < 4.78 is 5.26. The van der Waals surface area contributed by atoms with Crippen LogP contribution in [0.4, 0.5) is 0 Å². The van der Waals surface area contributed by atoms with Gasteiger partial charge in [-0.1, -0.05) is 30.3 Å². The van der Waals surface area contributed by atoms with Gasteiger partial charge in [-0.25, -0.2) is 0 Å². The SMILES string of the molecule is COc1ccc(C(=O)N[C@@H](Cc2ccccc2)C2CC(O)C2)cc1C. The van der Waals surface area contributed by atoms with Crippen molar-refractivity contribution in [1.82, 2.24) is 5.32 Å². The van der Waals surface area contributed by atoms with Crippen LogP contribution in [0.2, 0.25) is 0 Å². The summed E-state index contributed by atoms with van der Waals surface area (Å²) in [6.07, 6.45) is 2.04. The van der Waals surface area contributed by atoms with E-state index in [-0.39, 0.29) is 18.1 Å². The zero-order valence-corrected chi connectivity index (χ0v) is 14.7. The van der Waals surface area contributed by atoms with Crippen molar-refractivity contribution in [1.29, 1.82) is 0 Å². The van der Waals surface area contributed by atoms with Crippen molar-refractivity contribution in [2.24, 2.45) is 5.92 Å². The molecule has 25 heavy (non-hydrogen) atoms. The molecule has 2 aromatic rings. The Morgan fingerprint density at radius 1 is 1.24 bits per heavy atom. The van der Waals surface area contributed by atoms with Crippen LogP contribution in [0.5, 0.6) is 5.75 Å². The number of carbonyl (C=O) groups is 1. The zero-order chi connectivity index (χ0) is 17.8. The molecule has 0 spiro atoms. The minimum Gasteiger partial charge on any atom is -0.496 e. The van der Waals surface area contributed by atoms with Crippen LogP contribution in [0.1, 0.15) is 34.3 Å². The molecule has 1 saturated carbocycles. The summed E-state index contributed by atoms with van der Waals surface area (Å²) in [4.78, 5) is 12.7. The molecule has 1 fully saturated rings. The molecule has 1 aliphatic rings. The van der Waals surface area contributed by atoms with Gasteiger partial charge in [-0.3, -0.25) is 4.79 Å². The molecule has 0 heterocycles. The molecule has 0 bridgehead atoms. The zero-order valence-electron chi connectivity index (χ0n) is 14.7. The lowest BCUT2D eigenvalue weighted by molar-refractivity contribution is 0.0239. The maximum absolute atomic E-state index is 12.7. The summed E-state index contributed by atoms with van der Waals surface area (Å²) in [6.45, 7) is 1.93. The summed E-state index contributed by atoms with van der Waals surface area (Å²) >= 11 is 0. The number of aliphatic hydroxyl groups excluding tert-OH is 1. The molecule has 132 valence electrons. The van der Waals surface area contributed by atoms with Gasteiger partial charge >= 0.3 is 0 Å². The van der Waals surface area contributed by atoms with Gasteiger partial charge in [0.2, 0.25) is 0 Å². The predicted molar refractivity (Wildman–Crippen MR) is 97.9 cm³/mol. The minimum atomic E-state index is -0.233. The summed E-state index contributed by atoms with van der Waals surface area (Å²) in [5.74, 6) is 1.02. The van der Waals surface area contributed by atoms with Crippen molar-refractivity contribution in [2.75, 3.05) is 7.11 Å². The van der Waals surface area contributed by atoms with Crippen molar-refractivity contribution < 1.29 is 14.6 Å². The third-order valence-electron chi connectivity index (χ3n) is 4.99. The first-order valence-electron chi connectivity index (χ1n) is 8.74. The molecule has 4 heteroatoms. The number of rotatable bonds is 6. The number of hydrogen-bond acceptors (Lipinski definition) is 3. The van der Waals surface area contributed by atoms with E-state index in [4.69, 9.17) is 4.74 Å². The normalized spacial score (nSPS) is 20.4. The second-order valence-corrected chi connectivity index (χ2v) is 6.84. The second kappa shape index (κ2) is 7.70. The molecule has 0 aliphatic heterocycles. The van der Waals surface area contributed by atoms with Gasteiger partial charge in [0, 0.05) is 11.6 Å². The van der Waals surface area contributed by atoms with E-state index in [1.54, 1.807) is 13.2 Å². The molecule has 1 atom stereocenters. The topological polar surface area (TPSA) is 58.6 Å². The van der Waals surface area contributed by atoms with Crippen molar-refractivity contribution in [2.45, 2.75) is 38.3 Å². The highest BCUT2D eigenvalue weighted by Crippen LogP contribution is 2.32. The second-order valence-electron chi connectivity index (χ2n) is 6.84. The van der Waals surface area contributed by atoms with Crippen LogP contribution < -0.4 is 10.1 Å². The van der Waals surface area contributed by atoms with Crippen LogP contribution >= 0.6 is 0 Å². The van der Waals surface area contributed by atoms with Crippen molar-refractivity contribution in [3.8, 4) is 5.75 Å². The summed E-state index contributed by atoms with van der Waals surface area (Å²) in [5.41, 5.74) is 2.77. The van der Waals surface area contributed by atoms with E-state index >= 15 is 0 Å². The highest BCUT2D eigenvalue weighted by molar-refractivity contribution is 5.94. The highest BCUT2D eigenvalue weighted by Gasteiger charge is 2.34. The van der Waals surface area contributed by atoms with Gasteiger partial charge in [-0.2, -0.15) is 0 Å². The monoisotopic (exact) mass is 339 g/mol. The van der Waals surface area contributed by atoms with Crippen molar-refractivity contribution in [3.05, 3.63) is 65.2 Å². The van der Waals surface area contributed by atoms with E-state index < -0.39 is 0 Å². The van der Waals surface area contributed by atoms with E-state index in [0.29, 0.717) is 11.5 Å². The number of nitrogens with one attached hydrogen (secondary N) is 1. The van der Waals surface area contributed by atoms with Gasteiger partial charge in [0.15, 0.2) is 0 Å². The molecule has 2 N–H and O–H groups in total. The number of aryl methyl sites for hydroxylation is 1. The van der Waals surface area contributed by atoms with Gasteiger partial charge in [-0.15, -0.1) is 0 Å². The number of carbonyl (C=O) groups excluding carboxylic acids is 1. The first-order valence-corrected chi connectivity index (χ1v) is 8.74. The Bertz CT molecular complexity index is 723. The predicted octanol–water partition coefficient (Wildman–Crippen LogP) is 3.12. The van der Waals surface area contributed by atoms with Crippen LogP contribution in [0.15, 0.2) is 48.5 Å². The quantitative estimate of drug-likeness (QED) is 0.850. The first-order chi connectivity index (χ1) is 12.1. The van der Waals surface area contributed by atoms with Crippen LogP contribution in [-0.2, 0) is 6.42 Å². The fraction of sp³-hybridized carbons (Fsp3) is 0.381. The Morgan fingerprint density at radius 2 is 1.96 bits per heavy atom. The Kier molecular flexibility index (Phi) is 5.39. The largest absolute Gasteiger partial charge is 0.496 e. The average Bonchev–Trinajstić information content (AvgIpc) is 2.59. The number of amides is 1. The first kappa shape index (κ1) is 17.5. The molecular weight excluding hydrogens is 314 g/mol. The molecule has 0 unspecified atom stereocenters. The number of aliphatic hydroxyl groups is 1. The fourth-order valence-electron chi connectivity index (χ4n) is 3.43. The molecule has 3 rings (SSSR count). The minimum absolute atomic E-state index is 0.0284. The summed E-state index contributed by atoms with van der Waals surface area (Å²) in [5, 5.41) is 12.8. The van der Waals surface area contributed by atoms with Gasteiger partial charge in [0.1, 0.15) is 5.75 Å². The molecule has 0 aromatic heterocycles. The molecular formula is C21H25NO3. The lowest BCUT2D eigenvalue weighted by Gasteiger charge is -2.38.